The molecule has 5 nitrogen and oxygen atoms in total. The normalized spacial score (nSPS) is 26.9. The molecule has 1 aliphatic carbocycles. The van der Waals surface area contributed by atoms with Gasteiger partial charge < -0.3 is 10.3 Å². The van der Waals surface area contributed by atoms with Crippen LogP contribution in [0, 0.1) is 17.2 Å². The molecule has 0 spiro atoms. The van der Waals surface area contributed by atoms with Crippen LogP contribution in [-0.4, -0.2) is 35.4 Å². The number of anilines is 1. The largest absolute Gasteiger partial charge is 0.366 e. The molecule has 2 rings (SSSR count). The highest BCUT2D eigenvalue weighted by atomic mass is 16.1. The van der Waals surface area contributed by atoms with Gasteiger partial charge >= 0.3 is 0 Å². The van der Waals surface area contributed by atoms with Gasteiger partial charge in [0.25, 0.3) is 0 Å². The lowest BCUT2D eigenvalue weighted by Crippen LogP contribution is -2.47. The molecule has 1 aliphatic rings. The summed E-state index contributed by atoms with van der Waals surface area (Å²) in [5.74, 6) is 0.0706. The summed E-state index contributed by atoms with van der Waals surface area (Å²) in [4.78, 5) is 17.0. The minimum atomic E-state index is -0.398. The zero-order valence-electron chi connectivity index (χ0n) is 11.4. The highest BCUT2D eigenvalue weighted by molar-refractivity contribution is 5.92. The van der Waals surface area contributed by atoms with Crippen molar-refractivity contribution in [3.8, 4) is 6.07 Å². The summed E-state index contributed by atoms with van der Waals surface area (Å²) in [6, 6.07) is 4.24. The summed E-state index contributed by atoms with van der Waals surface area (Å²) >= 11 is 0. The second-order valence-electron chi connectivity index (χ2n) is 5.40. The van der Waals surface area contributed by atoms with Crippen molar-refractivity contribution in [2.75, 3.05) is 19.4 Å². The fraction of sp³-hybridized carbons (Fsp3) is 0.571. The van der Waals surface area contributed by atoms with E-state index in [0.717, 1.165) is 31.4 Å². The van der Waals surface area contributed by atoms with E-state index in [9.17, 15) is 10.1 Å². The number of nitriles is 1. The SMILES string of the molecule is CN(C)C1(C#N)CCC(C(=O)Nc2cc[nH]c2)CC1. The Labute approximate surface area is 113 Å². The van der Waals surface area contributed by atoms with E-state index >= 15 is 0 Å². The van der Waals surface area contributed by atoms with Crippen molar-refractivity contribution in [1.29, 1.82) is 5.26 Å². The number of carbonyl (C=O) groups excluding carboxylic acids is 1. The first-order chi connectivity index (χ1) is 9.07. The average molecular weight is 260 g/mol. The molecule has 0 aliphatic heterocycles. The number of rotatable bonds is 3. The molecule has 1 aromatic rings. The van der Waals surface area contributed by atoms with E-state index in [2.05, 4.69) is 16.4 Å². The van der Waals surface area contributed by atoms with Crippen molar-refractivity contribution in [2.45, 2.75) is 31.2 Å². The van der Waals surface area contributed by atoms with Crippen molar-refractivity contribution in [3.05, 3.63) is 18.5 Å². The molecule has 19 heavy (non-hydrogen) atoms. The number of aromatic amines is 1. The van der Waals surface area contributed by atoms with Gasteiger partial charge in [0.1, 0.15) is 5.54 Å². The Balaban J connectivity index is 1.93. The van der Waals surface area contributed by atoms with Gasteiger partial charge in [-0.05, 0) is 45.8 Å². The molecular weight excluding hydrogens is 240 g/mol. The third-order valence-electron chi connectivity index (χ3n) is 4.11. The molecule has 1 aromatic heterocycles. The number of nitrogens with zero attached hydrogens (tertiary/aromatic N) is 2. The monoisotopic (exact) mass is 260 g/mol. The molecular formula is C14H20N4O. The number of nitrogens with one attached hydrogen (secondary N) is 2. The van der Waals surface area contributed by atoms with Crippen molar-refractivity contribution in [2.24, 2.45) is 5.92 Å². The van der Waals surface area contributed by atoms with Crippen molar-refractivity contribution >= 4 is 11.6 Å². The third kappa shape index (κ3) is 2.79. The lowest BCUT2D eigenvalue weighted by molar-refractivity contribution is -0.121. The maximum Gasteiger partial charge on any atom is 0.227 e. The van der Waals surface area contributed by atoms with Gasteiger partial charge in [-0.25, -0.2) is 0 Å². The lowest BCUT2D eigenvalue weighted by atomic mass is 9.76. The molecule has 1 heterocycles. The smallest absolute Gasteiger partial charge is 0.227 e. The van der Waals surface area contributed by atoms with Crippen LogP contribution < -0.4 is 5.32 Å². The first-order valence-electron chi connectivity index (χ1n) is 6.60. The lowest BCUT2D eigenvalue weighted by Gasteiger charge is -2.39. The second-order valence-corrected chi connectivity index (χ2v) is 5.40. The summed E-state index contributed by atoms with van der Waals surface area (Å²) in [6.45, 7) is 0. The van der Waals surface area contributed by atoms with E-state index < -0.39 is 5.54 Å². The van der Waals surface area contributed by atoms with Crippen LogP contribution in [0.15, 0.2) is 18.5 Å². The molecule has 1 fully saturated rings. The van der Waals surface area contributed by atoms with Gasteiger partial charge in [0.05, 0.1) is 11.8 Å². The standard InChI is InChI=1S/C14H20N4O/c1-18(2)14(10-15)6-3-11(4-7-14)13(19)17-12-5-8-16-9-12/h5,8-9,11,16H,3-4,6-7H2,1-2H3,(H,17,19). The molecule has 1 amide bonds. The van der Waals surface area contributed by atoms with E-state index in [-0.39, 0.29) is 11.8 Å². The molecule has 5 heteroatoms. The van der Waals surface area contributed by atoms with Gasteiger partial charge in [0, 0.05) is 18.3 Å². The van der Waals surface area contributed by atoms with Crippen LogP contribution in [0.5, 0.6) is 0 Å². The Kier molecular flexibility index (Phi) is 3.91. The number of hydrogen-bond acceptors (Lipinski definition) is 3. The summed E-state index contributed by atoms with van der Waals surface area (Å²) < 4.78 is 0. The van der Waals surface area contributed by atoms with Crippen LogP contribution in [0.4, 0.5) is 5.69 Å². The maximum absolute atomic E-state index is 12.1. The summed E-state index contributed by atoms with van der Waals surface area (Å²) in [5, 5.41) is 12.2. The molecule has 2 N–H and O–H groups in total. The number of amides is 1. The Bertz CT molecular complexity index is 464. The molecule has 1 saturated carbocycles. The molecule has 0 atom stereocenters. The van der Waals surface area contributed by atoms with E-state index in [1.807, 2.05) is 25.1 Å². The first-order valence-corrected chi connectivity index (χ1v) is 6.60. The van der Waals surface area contributed by atoms with Crippen LogP contribution in [0.1, 0.15) is 25.7 Å². The second kappa shape index (κ2) is 5.45. The van der Waals surface area contributed by atoms with E-state index in [1.54, 1.807) is 12.4 Å². The quantitative estimate of drug-likeness (QED) is 0.872. The number of H-pyrrole nitrogens is 1. The Morgan fingerprint density at radius 2 is 2.21 bits per heavy atom. The highest BCUT2D eigenvalue weighted by Crippen LogP contribution is 2.35. The number of carbonyl (C=O) groups is 1. The van der Waals surface area contributed by atoms with Crippen LogP contribution >= 0.6 is 0 Å². The van der Waals surface area contributed by atoms with Gasteiger partial charge in [-0.2, -0.15) is 5.26 Å². The predicted octanol–water partition coefficient (Wildman–Crippen LogP) is 1.97. The van der Waals surface area contributed by atoms with Crippen molar-refractivity contribution < 1.29 is 4.79 Å². The molecule has 0 aromatic carbocycles. The number of aromatic nitrogens is 1. The van der Waals surface area contributed by atoms with Gasteiger partial charge in [-0.1, -0.05) is 0 Å². The zero-order valence-corrected chi connectivity index (χ0v) is 11.4. The van der Waals surface area contributed by atoms with Gasteiger partial charge in [-0.3, -0.25) is 9.69 Å². The molecule has 102 valence electrons. The molecule has 0 unspecified atom stereocenters. The van der Waals surface area contributed by atoms with Gasteiger partial charge in [0.2, 0.25) is 5.91 Å². The van der Waals surface area contributed by atoms with E-state index in [1.165, 1.54) is 0 Å². The maximum atomic E-state index is 12.1. The fourth-order valence-electron chi connectivity index (χ4n) is 2.66. The molecule has 0 saturated heterocycles. The highest BCUT2D eigenvalue weighted by Gasteiger charge is 2.39. The minimum absolute atomic E-state index is 0.0105. The third-order valence-corrected chi connectivity index (χ3v) is 4.11. The Morgan fingerprint density at radius 1 is 1.53 bits per heavy atom. The van der Waals surface area contributed by atoms with Crippen LogP contribution in [0.2, 0.25) is 0 Å². The van der Waals surface area contributed by atoms with Gasteiger partial charge in [-0.15, -0.1) is 0 Å². The van der Waals surface area contributed by atoms with Gasteiger partial charge in [0.15, 0.2) is 0 Å². The fourth-order valence-corrected chi connectivity index (χ4v) is 2.66. The summed E-state index contributed by atoms with van der Waals surface area (Å²) in [7, 11) is 3.87. The Morgan fingerprint density at radius 3 is 2.68 bits per heavy atom. The average Bonchev–Trinajstić information content (AvgIpc) is 2.91. The molecule has 0 bridgehead atoms. The van der Waals surface area contributed by atoms with Crippen LogP contribution in [0.25, 0.3) is 0 Å². The van der Waals surface area contributed by atoms with E-state index in [0.29, 0.717) is 0 Å². The minimum Gasteiger partial charge on any atom is -0.366 e. The van der Waals surface area contributed by atoms with E-state index in [4.69, 9.17) is 0 Å². The zero-order chi connectivity index (χ0) is 13.9. The first kappa shape index (κ1) is 13.6. The van der Waals surface area contributed by atoms with Crippen molar-refractivity contribution in [1.82, 2.24) is 9.88 Å². The van der Waals surface area contributed by atoms with Crippen LogP contribution in [-0.2, 0) is 4.79 Å². The van der Waals surface area contributed by atoms with Crippen LogP contribution in [0.3, 0.4) is 0 Å². The summed E-state index contributed by atoms with van der Waals surface area (Å²) in [6.07, 6.45) is 6.58. The number of hydrogen-bond donors (Lipinski definition) is 2. The molecule has 0 radical (unpaired) electrons. The van der Waals surface area contributed by atoms with Crippen molar-refractivity contribution in [3.63, 3.8) is 0 Å². The summed E-state index contributed by atoms with van der Waals surface area (Å²) in [5.41, 5.74) is 0.403. The predicted molar refractivity (Wildman–Crippen MR) is 73.4 cm³/mol. The Hall–Kier alpha value is -1.80. The topological polar surface area (TPSA) is 71.9 Å².